The topological polar surface area (TPSA) is 6.48 Å². The SMILES string of the molecule is CN1/C(=C/C=C2/Sc3ccccc3N2C)Sc2ccccc21. The summed E-state index contributed by atoms with van der Waals surface area (Å²) < 4.78 is 0. The van der Waals surface area contributed by atoms with E-state index >= 15 is 0 Å². The van der Waals surface area contributed by atoms with Crippen molar-refractivity contribution in [3.05, 3.63) is 70.7 Å². The van der Waals surface area contributed by atoms with Gasteiger partial charge in [0.15, 0.2) is 0 Å². The zero-order chi connectivity index (χ0) is 15.1. The second kappa shape index (κ2) is 5.45. The maximum Gasteiger partial charge on any atom is 0.0799 e. The van der Waals surface area contributed by atoms with Crippen LogP contribution >= 0.6 is 23.5 Å². The molecule has 0 aromatic heterocycles. The van der Waals surface area contributed by atoms with Gasteiger partial charge in [0, 0.05) is 23.9 Å². The molecule has 4 rings (SSSR count). The van der Waals surface area contributed by atoms with Crippen LogP contribution in [0.2, 0.25) is 0 Å². The lowest BCUT2D eigenvalue weighted by atomic mass is 10.3. The molecule has 0 saturated heterocycles. The van der Waals surface area contributed by atoms with Crippen LogP contribution in [0.5, 0.6) is 0 Å². The second-order valence-corrected chi connectivity index (χ2v) is 7.39. The molecule has 0 spiro atoms. The first-order valence-electron chi connectivity index (χ1n) is 7.17. The molecule has 2 aliphatic rings. The summed E-state index contributed by atoms with van der Waals surface area (Å²) in [5, 5.41) is 2.53. The highest BCUT2D eigenvalue weighted by Crippen LogP contribution is 2.47. The maximum absolute atomic E-state index is 2.25. The minimum Gasteiger partial charge on any atom is -0.338 e. The highest BCUT2D eigenvalue weighted by molar-refractivity contribution is 8.04. The molecule has 0 bridgehead atoms. The number of hydrogen-bond donors (Lipinski definition) is 0. The Hall–Kier alpha value is -1.78. The van der Waals surface area contributed by atoms with Crippen molar-refractivity contribution in [2.75, 3.05) is 23.9 Å². The Labute approximate surface area is 139 Å². The van der Waals surface area contributed by atoms with Gasteiger partial charge in [0.05, 0.1) is 21.4 Å². The first-order valence-corrected chi connectivity index (χ1v) is 8.80. The molecule has 2 heterocycles. The van der Waals surface area contributed by atoms with E-state index in [0.29, 0.717) is 0 Å². The normalized spacial score (nSPS) is 19.9. The number of anilines is 2. The van der Waals surface area contributed by atoms with Crippen molar-refractivity contribution in [2.24, 2.45) is 0 Å². The molecular formula is C18H16N2S2. The first kappa shape index (κ1) is 13.9. The molecule has 22 heavy (non-hydrogen) atoms. The predicted molar refractivity (Wildman–Crippen MR) is 97.6 cm³/mol. The van der Waals surface area contributed by atoms with E-state index in [4.69, 9.17) is 0 Å². The van der Waals surface area contributed by atoms with Gasteiger partial charge >= 0.3 is 0 Å². The summed E-state index contributed by atoms with van der Waals surface area (Å²) in [5.41, 5.74) is 2.57. The van der Waals surface area contributed by atoms with Gasteiger partial charge in [0.25, 0.3) is 0 Å². The Kier molecular flexibility index (Phi) is 3.43. The van der Waals surface area contributed by atoms with Crippen molar-refractivity contribution in [1.82, 2.24) is 0 Å². The molecule has 0 N–H and O–H groups in total. The summed E-state index contributed by atoms with van der Waals surface area (Å²) >= 11 is 3.65. The number of para-hydroxylation sites is 2. The van der Waals surface area contributed by atoms with E-state index in [-0.39, 0.29) is 0 Å². The Bertz CT molecular complexity index is 728. The largest absolute Gasteiger partial charge is 0.338 e. The lowest BCUT2D eigenvalue weighted by Gasteiger charge is -2.14. The Morgan fingerprint density at radius 3 is 1.50 bits per heavy atom. The van der Waals surface area contributed by atoms with Crippen LogP contribution in [0.3, 0.4) is 0 Å². The van der Waals surface area contributed by atoms with Crippen LogP contribution in [0.4, 0.5) is 11.4 Å². The van der Waals surface area contributed by atoms with Crippen LogP contribution in [0.25, 0.3) is 0 Å². The van der Waals surface area contributed by atoms with Crippen LogP contribution in [-0.4, -0.2) is 14.1 Å². The van der Waals surface area contributed by atoms with Gasteiger partial charge in [0.2, 0.25) is 0 Å². The van der Waals surface area contributed by atoms with E-state index in [9.17, 15) is 0 Å². The Morgan fingerprint density at radius 2 is 1.09 bits per heavy atom. The van der Waals surface area contributed by atoms with Crippen molar-refractivity contribution >= 4 is 34.9 Å². The van der Waals surface area contributed by atoms with Crippen molar-refractivity contribution < 1.29 is 0 Å². The minimum absolute atomic E-state index is 1.26. The van der Waals surface area contributed by atoms with Gasteiger partial charge in [-0.1, -0.05) is 47.8 Å². The van der Waals surface area contributed by atoms with Crippen LogP contribution in [0.1, 0.15) is 0 Å². The molecule has 2 nitrogen and oxygen atoms in total. The molecule has 2 aliphatic heterocycles. The van der Waals surface area contributed by atoms with E-state index in [1.807, 2.05) is 23.5 Å². The third-order valence-corrected chi connectivity index (χ3v) is 6.28. The van der Waals surface area contributed by atoms with Crippen molar-refractivity contribution in [1.29, 1.82) is 0 Å². The predicted octanol–water partition coefficient (Wildman–Crippen LogP) is 5.15. The number of allylic oxidation sites excluding steroid dienone is 2. The third-order valence-electron chi connectivity index (χ3n) is 3.91. The summed E-state index contributed by atoms with van der Waals surface area (Å²) in [4.78, 5) is 7.16. The fourth-order valence-electron chi connectivity index (χ4n) is 2.68. The maximum atomic E-state index is 2.25. The fraction of sp³-hybridized carbons (Fsp3) is 0.111. The minimum atomic E-state index is 1.26. The molecule has 4 heteroatoms. The Balaban J connectivity index is 1.61. The van der Waals surface area contributed by atoms with E-state index in [0.717, 1.165) is 0 Å². The number of rotatable bonds is 1. The van der Waals surface area contributed by atoms with Gasteiger partial charge in [-0.25, -0.2) is 0 Å². The summed E-state index contributed by atoms with van der Waals surface area (Å²) in [5.74, 6) is 0. The standard InChI is InChI=1S/C18H16N2S2/c1-19-13-7-3-5-9-15(13)21-17(19)11-12-18-20(2)14-8-4-6-10-16(14)22-18/h3-12H,1-2H3/b17-11-,18-12+. The molecule has 0 aliphatic carbocycles. The molecule has 110 valence electrons. The fourth-order valence-corrected chi connectivity index (χ4v) is 4.78. The average molecular weight is 324 g/mol. The van der Waals surface area contributed by atoms with Crippen LogP contribution in [0.15, 0.2) is 80.5 Å². The number of thioether (sulfide) groups is 2. The highest BCUT2D eigenvalue weighted by Gasteiger charge is 2.23. The number of hydrogen-bond acceptors (Lipinski definition) is 4. The third kappa shape index (κ3) is 2.23. The zero-order valence-corrected chi connectivity index (χ0v) is 14.1. The van der Waals surface area contributed by atoms with E-state index in [2.05, 4.69) is 84.6 Å². The number of benzene rings is 2. The van der Waals surface area contributed by atoms with Crippen molar-refractivity contribution in [2.45, 2.75) is 9.79 Å². The van der Waals surface area contributed by atoms with Gasteiger partial charge in [-0.15, -0.1) is 0 Å². The molecule has 0 radical (unpaired) electrons. The van der Waals surface area contributed by atoms with E-state index in [1.54, 1.807) is 0 Å². The van der Waals surface area contributed by atoms with E-state index in [1.165, 1.54) is 31.2 Å². The van der Waals surface area contributed by atoms with Crippen LogP contribution < -0.4 is 9.80 Å². The van der Waals surface area contributed by atoms with Gasteiger partial charge in [-0.3, -0.25) is 0 Å². The highest BCUT2D eigenvalue weighted by atomic mass is 32.2. The summed E-state index contributed by atoms with van der Waals surface area (Å²) in [6, 6.07) is 17.1. The number of nitrogens with zero attached hydrogens (tertiary/aromatic N) is 2. The second-order valence-electron chi connectivity index (χ2n) is 5.27. The summed E-state index contributed by atoms with van der Waals surface area (Å²) in [6.45, 7) is 0. The molecule has 0 atom stereocenters. The monoisotopic (exact) mass is 324 g/mol. The summed E-state index contributed by atoms with van der Waals surface area (Å²) in [7, 11) is 4.26. The molecule has 2 aromatic carbocycles. The van der Waals surface area contributed by atoms with Gasteiger partial charge in [0.1, 0.15) is 0 Å². The van der Waals surface area contributed by atoms with Crippen molar-refractivity contribution in [3.8, 4) is 0 Å². The lowest BCUT2D eigenvalue weighted by Crippen LogP contribution is -2.10. The molecule has 0 unspecified atom stereocenters. The quantitative estimate of drug-likeness (QED) is 0.715. The zero-order valence-electron chi connectivity index (χ0n) is 12.5. The molecule has 0 saturated carbocycles. The van der Waals surface area contributed by atoms with Gasteiger partial charge in [-0.05, 0) is 36.4 Å². The van der Waals surface area contributed by atoms with Gasteiger partial charge < -0.3 is 9.80 Å². The molecule has 0 amide bonds. The molecule has 2 aromatic rings. The first-order chi connectivity index (χ1) is 10.7. The molecule has 0 fully saturated rings. The smallest absolute Gasteiger partial charge is 0.0799 e. The summed E-state index contributed by atoms with van der Waals surface area (Å²) in [6.07, 6.45) is 4.44. The number of fused-ring (bicyclic) bond motifs is 2. The lowest BCUT2D eigenvalue weighted by molar-refractivity contribution is 1.16. The van der Waals surface area contributed by atoms with Gasteiger partial charge in [-0.2, -0.15) is 0 Å². The van der Waals surface area contributed by atoms with Crippen LogP contribution in [0, 0.1) is 0 Å². The Morgan fingerprint density at radius 1 is 0.682 bits per heavy atom. The van der Waals surface area contributed by atoms with E-state index < -0.39 is 0 Å². The van der Waals surface area contributed by atoms with Crippen LogP contribution in [-0.2, 0) is 0 Å². The average Bonchev–Trinajstić information content (AvgIpc) is 3.04. The molecular weight excluding hydrogens is 308 g/mol. The van der Waals surface area contributed by atoms with Crippen molar-refractivity contribution in [3.63, 3.8) is 0 Å².